The molecule has 0 aromatic carbocycles. The summed E-state index contributed by atoms with van der Waals surface area (Å²) in [6.07, 6.45) is 9.13. The Morgan fingerprint density at radius 2 is 1.96 bits per heavy atom. The monoisotopic (exact) mass is 351 g/mol. The Kier molecular flexibility index (Phi) is 4.47. The molecular formula is C18H21N7O. The number of aryl methyl sites for hydroxylation is 1. The van der Waals surface area contributed by atoms with Gasteiger partial charge in [0, 0.05) is 38.1 Å². The maximum Gasteiger partial charge on any atom is 0.266 e. The number of nitrogens with zero attached hydrogens (tertiary/aromatic N) is 7. The summed E-state index contributed by atoms with van der Waals surface area (Å²) in [7, 11) is 0. The number of hydrogen-bond donors (Lipinski definition) is 0. The third kappa shape index (κ3) is 3.49. The Bertz CT molecular complexity index is 909. The molecule has 134 valence electrons. The molecule has 4 heterocycles. The van der Waals surface area contributed by atoms with E-state index >= 15 is 0 Å². The largest absolute Gasteiger partial charge is 0.355 e. The van der Waals surface area contributed by atoms with Gasteiger partial charge in [-0.3, -0.25) is 9.78 Å². The van der Waals surface area contributed by atoms with Crippen molar-refractivity contribution in [2.75, 3.05) is 18.0 Å². The summed E-state index contributed by atoms with van der Waals surface area (Å²) in [6, 6.07) is 5.09. The van der Waals surface area contributed by atoms with E-state index in [9.17, 15) is 4.79 Å². The first kappa shape index (κ1) is 16.4. The minimum Gasteiger partial charge on any atom is -0.355 e. The fraction of sp³-hybridized carbons (Fsp3) is 0.389. The SMILES string of the molecule is Cc1cnc(N2CCC(Cn3nc(-n4cccn4)ccc3=O)CC2)cn1. The molecule has 0 aliphatic carbocycles. The highest BCUT2D eigenvalue weighted by molar-refractivity contribution is 5.36. The van der Waals surface area contributed by atoms with Crippen LogP contribution < -0.4 is 10.5 Å². The zero-order valence-electron chi connectivity index (χ0n) is 14.7. The van der Waals surface area contributed by atoms with Crippen molar-refractivity contribution in [1.82, 2.24) is 29.5 Å². The molecule has 0 saturated carbocycles. The van der Waals surface area contributed by atoms with E-state index in [4.69, 9.17) is 0 Å². The highest BCUT2D eigenvalue weighted by atomic mass is 16.1. The first-order valence-electron chi connectivity index (χ1n) is 8.81. The lowest BCUT2D eigenvalue weighted by atomic mass is 9.97. The molecule has 3 aromatic rings. The second-order valence-electron chi connectivity index (χ2n) is 6.61. The van der Waals surface area contributed by atoms with Crippen LogP contribution in [0.25, 0.3) is 5.82 Å². The zero-order chi connectivity index (χ0) is 17.9. The maximum atomic E-state index is 12.2. The van der Waals surface area contributed by atoms with Gasteiger partial charge in [0.1, 0.15) is 5.82 Å². The van der Waals surface area contributed by atoms with Crippen molar-refractivity contribution >= 4 is 5.82 Å². The third-order valence-electron chi connectivity index (χ3n) is 4.73. The number of anilines is 1. The van der Waals surface area contributed by atoms with Gasteiger partial charge in [-0.15, -0.1) is 5.10 Å². The minimum absolute atomic E-state index is 0.0762. The number of aromatic nitrogens is 6. The molecule has 0 amide bonds. The van der Waals surface area contributed by atoms with E-state index in [0.717, 1.165) is 37.4 Å². The average Bonchev–Trinajstić information content (AvgIpc) is 3.20. The van der Waals surface area contributed by atoms with E-state index in [0.29, 0.717) is 18.3 Å². The van der Waals surface area contributed by atoms with Gasteiger partial charge < -0.3 is 4.90 Å². The van der Waals surface area contributed by atoms with E-state index < -0.39 is 0 Å². The van der Waals surface area contributed by atoms with Gasteiger partial charge in [0.05, 0.1) is 18.1 Å². The first-order valence-corrected chi connectivity index (χ1v) is 8.81. The lowest BCUT2D eigenvalue weighted by Crippen LogP contribution is -2.37. The summed E-state index contributed by atoms with van der Waals surface area (Å²) in [5.74, 6) is 2.00. The Balaban J connectivity index is 1.42. The smallest absolute Gasteiger partial charge is 0.266 e. The minimum atomic E-state index is -0.0762. The maximum absolute atomic E-state index is 12.2. The normalized spacial score (nSPS) is 15.3. The highest BCUT2D eigenvalue weighted by Crippen LogP contribution is 2.22. The van der Waals surface area contributed by atoms with E-state index in [2.05, 4.69) is 25.1 Å². The van der Waals surface area contributed by atoms with Crippen molar-refractivity contribution < 1.29 is 0 Å². The standard InChI is InChI=1S/C18H21N7O/c1-14-11-20-17(12-19-14)23-9-5-15(6-10-23)13-25-18(26)4-3-16(22-25)24-8-2-7-21-24/h2-4,7-8,11-12,15H,5-6,9-10,13H2,1H3. The molecule has 8 nitrogen and oxygen atoms in total. The van der Waals surface area contributed by atoms with Crippen LogP contribution in [0.1, 0.15) is 18.5 Å². The summed E-state index contributed by atoms with van der Waals surface area (Å²) in [5, 5.41) is 8.64. The van der Waals surface area contributed by atoms with Gasteiger partial charge in [-0.1, -0.05) is 0 Å². The molecule has 1 fully saturated rings. The zero-order valence-corrected chi connectivity index (χ0v) is 14.7. The Hall–Kier alpha value is -3.03. The Morgan fingerprint density at radius 1 is 1.12 bits per heavy atom. The number of piperidine rings is 1. The highest BCUT2D eigenvalue weighted by Gasteiger charge is 2.21. The molecule has 0 spiro atoms. The summed E-state index contributed by atoms with van der Waals surface area (Å²) in [6.45, 7) is 4.39. The molecule has 0 radical (unpaired) electrons. The van der Waals surface area contributed by atoms with Crippen molar-refractivity contribution in [3.8, 4) is 5.82 Å². The van der Waals surface area contributed by atoms with Crippen LogP contribution in [0.4, 0.5) is 5.82 Å². The molecule has 1 aliphatic rings. The van der Waals surface area contributed by atoms with Gasteiger partial charge in [0.2, 0.25) is 0 Å². The molecule has 0 bridgehead atoms. The van der Waals surface area contributed by atoms with Crippen LogP contribution in [0.15, 0.2) is 47.8 Å². The van der Waals surface area contributed by atoms with Crippen molar-refractivity contribution in [1.29, 1.82) is 0 Å². The van der Waals surface area contributed by atoms with Gasteiger partial charge in [-0.25, -0.2) is 14.3 Å². The Labute approximate surface area is 151 Å². The van der Waals surface area contributed by atoms with Gasteiger partial charge >= 0.3 is 0 Å². The lowest BCUT2D eigenvalue weighted by molar-refractivity contribution is 0.333. The van der Waals surface area contributed by atoms with Gasteiger partial charge in [-0.2, -0.15) is 5.10 Å². The first-order chi connectivity index (χ1) is 12.7. The van der Waals surface area contributed by atoms with E-state index in [1.54, 1.807) is 33.9 Å². The molecule has 3 aromatic heterocycles. The topological polar surface area (TPSA) is 81.7 Å². The summed E-state index contributed by atoms with van der Waals surface area (Å²) in [4.78, 5) is 23.2. The predicted molar refractivity (Wildman–Crippen MR) is 97.3 cm³/mol. The third-order valence-corrected chi connectivity index (χ3v) is 4.73. The van der Waals surface area contributed by atoms with Crippen molar-refractivity contribution in [3.05, 3.63) is 59.0 Å². The molecule has 8 heteroatoms. The fourth-order valence-electron chi connectivity index (χ4n) is 3.23. The molecule has 0 N–H and O–H groups in total. The lowest BCUT2D eigenvalue weighted by Gasteiger charge is -2.32. The van der Waals surface area contributed by atoms with Crippen molar-refractivity contribution in [3.63, 3.8) is 0 Å². The molecular weight excluding hydrogens is 330 g/mol. The van der Waals surface area contributed by atoms with Crippen LogP contribution in [0.5, 0.6) is 0 Å². The summed E-state index contributed by atoms with van der Waals surface area (Å²) < 4.78 is 3.22. The van der Waals surface area contributed by atoms with Crippen LogP contribution in [0, 0.1) is 12.8 Å². The predicted octanol–water partition coefficient (Wildman–Crippen LogP) is 1.44. The van der Waals surface area contributed by atoms with Crippen molar-refractivity contribution in [2.45, 2.75) is 26.3 Å². The quantitative estimate of drug-likeness (QED) is 0.707. The van der Waals surface area contributed by atoms with E-state index in [1.807, 2.05) is 25.4 Å². The molecule has 4 rings (SSSR count). The number of rotatable bonds is 4. The summed E-state index contributed by atoms with van der Waals surface area (Å²) >= 11 is 0. The molecule has 26 heavy (non-hydrogen) atoms. The van der Waals surface area contributed by atoms with Gasteiger partial charge in [0.25, 0.3) is 5.56 Å². The second-order valence-corrected chi connectivity index (χ2v) is 6.61. The fourth-order valence-corrected chi connectivity index (χ4v) is 3.23. The van der Waals surface area contributed by atoms with Crippen LogP contribution >= 0.6 is 0 Å². The van der Waals surface area contributed by atoms with Crippen LogP contribution in [0.3, 0.4) is 0 Å². The molecule has 0 atom stereocenters. The van der Waals surface area contributed by atoms with Gasteiger partial charge in [-0.05, 0) is 37.8 Å². The van der Waals surface area contributed by atoms with E-state index in [-0.39, 0.29) is 5.56 Å². The van der Waals surface area contributed by atoms with Crippen molar-refractivity contribution in [2.24, 2.45) is 5.92 Å². The summed E-state index contributed by atoms with van der Waals surface area (Å²) in [5.41, 5.74) is 0.846. The van der Waals surface area contributed by atoms with E-state index in [1.165, 1.54) is 0 Å². The van der Waals surface area contributed by atoms with Crippen LogP contribution in [-0.2, 0) is 6.54 Å². The average molecular weight is 351 g/mol. The van der Waals surface area contributed by atoms with Crippen LogP contribution in [-0.4, -0.2) is 42.6 Å². The number of hydrogen-bond acceptors (Lipinski definition) is 6. The van der Waals surface area contributed by atoms with Gasteiger partial charge in [0.15, 0.2) is 5.82 Å². The van der Waals surface area contributed by atoms with Crippen LogP contribution in [0.2, 0.25) is 0 Å². The molecule has 1 aliphatic heterocycles. The molecule has 1 saturated heterocycles. The molecule has 0 unspecified atom stereocenters. The Morgan fingerprint density at radius 3 is 2.65 bits per heavy atom. The second kappa shape index (κ2) is 7.07.